The molecule has 1 rings (SSSR count). The molecule has 2 heteroatoms. The number of ether oxygens (including phenoxy) is 2. The van der Waals surface area contributed by atoms with E-state index in [-0.39, 0.29) is 6.10 Å². The summed E-state index contributed by atoms with van der Waals surface area (Å²) >= 11 is 0. The van der Waals surface area contributed by atoms with Gasteiger partial charge in [0.15, 0.2) is 0 Å². The van der Waals surface area contributed by atoms with Gasteiger partial charge >= 0.3 is 0 Å². The number of hydrogen-bond donors (Lipinski definition) is 0. The Kier molecular flexibility index (Phi) is 5.78. The van der Waals surface area contributed by atoms with Crippen molar-refractivity contribution in [1.82, 2.24) is 0 Å². The first-order valence-corrected chi connectivity index (χ1v) is 6.09. The third-order valence-corrected chi connectivity index (χ3v) is 2.27. The van der Waals surface area contributed by atoms with Crippen LogP contribution < -0.4 is 4.74 Å². The molecule has 0 aliphatic rings. The summed E-state index contributed by atoms with van der Waals surface area (Å²) in [4.78, 5) is 0. The van der Waals surface area contributed by atoms with E-state index in [0.29, 0.717) is 12.5 Å². The molecule has 0 aromatic heterocycles. The second-order valence-electron chi connectivity index (χ2n) is 4.60. The summed E-state index contributed by atoms with van der Waals surface area (Å²) in [6, 6.07) is 7.88. The molecule has 0 saturated carbocycles. The van der Waals surface area contributed by atoms with Crippen LogP contribution in [0.15, 0.2) is 30.8 Å². The van der Waals surface area contributed by atoms with Gasteiger partial charge in [0.05, 0.1) is 6.61 Å². The van der Waals surface area contributed by atoms with Gasteiger partial charge in [-0.05, 0) is 18.9 Å². The van der Waals surface area contributed by atoms with Crippen LogP contribution in [-0.4, -0.2) is 19.3 Å². The molecule has 0 N–H and O–H groups in total. The van der Waals surface area contributed by atoms with Gasteiger partial charge in [0.2, 0.25) is 0 Å². The number of hydrogen-bond acceptors (Lipinski definition) is 2. The lowest BCUT2D eigenvalue weighted by atomic mass is 10.2. The molecular weight excluding hydrogens is 212 g/mol. The molecule has 1 aromatic carbocycles. The van der Waals surface area contributed by atoms with E-state index < -0.39 is 0 Å². The molecular formula is C15H22O2. The first kappa shape index (κ1) is 13.8. The van der Waals surface area contributed by atoms with Gasteiger partial charge in [-0.2, -0.15) is 0 Å². The van der Waals surface area contributed by atoms with Crippen LogP contribution in [0.5, 0.6) is 5.75 Å². The van der Waals surface area contributed by atoms with Crippen molar-refractivity contribution in [3.8, 4) is 5.75 Å². The van der Waals surface area contributed by atoms with Gasteiger partial charge in [-0.3, -0.25) is 0 Å². The van der Waals surface area contributed by atoms with Gasteiger partial charge in [-0.25, -0.2) is 0 Å². The monoisotopic (exact) mass is 234 g/mol. The van der Waals surface area contributed by atoms with Crippen LogP contribution in [0, 0.1) is 5.92 Å². The van der Waals surface area contributed by atoms with E-state index in [2.05, 4.69) is 20.4 Å². The maximum Gasteiger partial charge on any atom is 0.127 e. The molecule has 1 unspecified atom stereocenters. The smallest absolute Gasteiger partial charge is 0.127 e. The maximum absolute atomic E-state index is 5.82. The molecule has 0 heterocycles. The summed E-state index contributed by atoms with van der Waals surface area (Å²) in [5.41, 5.74) is 1.02. The summed E-state index contributed by atoms with van der Waals surface area (Å²) < 4.78 is 11.4. The Morgan fingerprint density at radius 1 is 1.18 bits per heavy atom. The highest BCUT2D eigenvalue weighted by atomic mass is 16.5. The summed E-state index contributed by atoms with van der Waals surface area (Å²) in [7, 11) is 0. The minimum absolute atomic E-state index is 0.0508. The molecule has 1 aromatic rings. The lowest BCUT2D eigenvalue weighted by Gasteiger charge is -2.17. The predicted octanol–water partition coefficient (Wildman–Crippen LogP) is 3.77. The van der Waals surface area contributed by atoms with Gasteiger partial charge in [0, 0.05) is 12.2 Å². The highest BCUT2D eigenvalue weighted by molar-refractivity contribution is 5.55. The van der Waals surface area contributed by atoms with Gasteiger partial charge in [-0.15, -0.1) is 0 Å². The zero-order valence-corrected chi connectivity index (χ0v) is 11.0. The van der Waals surface area contributed by atoms with Crippen molar-refractivity contribution in [2.45, 2.75) is 26.9 Å². The first-order chi connectivity index (χ1) is 8.13. The van der Waals surface area contributed by atoms with E-state index in [1.807, 2.05) is 31.2 Å². The molecule has 17 heavy (non-hydrogen) atoms. The zero-order chi connectivity index (χ0) is 12.7. The Bertz CT molecular complexity index is 345. The molecule has 0 aliphatic heterocycles. The predicted molar refractivity (Wildman–Crippen MR) is 72.3 cm³/mol. The third-order valence-electron chi connectivity index (χ3n) is 2.27. The SMILES string of the molecule is C=Cc1ccccc1OC(C)COCC(C)C. The highest BCUT2D eigenvalue weighted by Gasteiger charge is 2.07. The van der Waals surface area contributed by atoms with Crippen molar-refractivity contribution >= 4 is 6.08 Å². The lowest BCUT2D eigenvalue weighted by molar-refractivity contribution is 0.0453. The van der Waals surface area contributed by atoms with Crippen LogP contribution in [0.3, 0.4) is 0 Å². The second-order valence-corrected chi connectivity index (χ2v) is 4.60. The van der Waals surface area contributed by atoms with Gasteiger partial charge in [-0.1, -0.05) is 44.7 Å². The number of para-hydroxylation sites is 1. The van der Waals surface area contributed by atoms with E-state index in [1.165, 1.54) is 0 Å². The molecule has 0 amide bonds. The van der Waals surface area contributed by atoms with Crippen molar-refractivity contribution in [1.29, 1.82) is 0 Å². The standard InChI is InChI=1S/C15H22O2/c1-5-14-8-6-7-9-15(14)17-13(4)11-16-10-12(2)3/h5-9,12-13H,1,10-11H2,2-4H3. The van der Waals surface area contributed by atoms with Crippen molar-refractivity contribution in [3.63, 3.8) is 0 Å². The van der Waals surface area contributed by atoms with Crippen LogP contribution in [0.25, 0.3) is 6.08 Å². The molecule has 94 valence electrons. The lowest BCUT2D eigenvalue weighted by Crippen LogP contribution is -2.20. The summed E-state index contributed by atoms with van der Waals surface area (Å²) in [5, 5.41) is 0. The fourth-order valence-electron chi connectivity index (χ4n) is 1.48. The van der Waals surface area contributed by atoms with E-state index in [9.17, 15) is 0 Å². The van der Waals surface area contributed by atoms with Crippen molar-refractivity contribution in [3.05, 3.63) is 36.4 Å². The Labute approximate surface area is 104 Å². The largest absolute Gasteiger partial charge is 0.488 e. The summed E-state index contributed by atoms with van der Waals surface area (Å²) in [6.45, 7) is 11.5. The summed E-state index contributed by atoms with van der Waals surface area (Å²) in [5.74, 6) is 1.42. The molecule has 1 atom stereocenters. The topological polar surface area (TPSA) is 18.5 Å². The van der Waals surface area contributed by atoms with Gasteiger partial charge < -0.3 is 9.47 Å². The molecule has 0 radical (unpaired) electrons. The van der Waals surface area contributed by atoms with Gasteiger partial charge in [0.25, 0.3) is 0 Å². The summed E-state index contributed by atoms with van der Waals surface area (Å²) in [6.07, 6.45) is 1.85. The molecule has 0 spiro atoms. The van der Waals surface area contributed by atoms with Crippen LogP contribution in [0.1, 0.15) is 26.3 Å². The zero-order valence-electron chi connectivity index (χ0n) is 11.0. The second kappa shape index (κ2) is 7.13. The first-order valence-electron chi connectivity index (χ1n) is 6.09. The van der Waals surface area contributed by atoms with E-state index in [0.717, 1.165) is 17.9 Å². The molecule has 0 fully saturated rings. The Morgan fingerprint density at radius 2 is 1.88 bits per heavy atom. The maximum atomic E-state index is 5.82. The minimum atomic E-state index is 0.0508. The van der Waals surface area contributed by atoms with Crippen molar-refractivity contribution in [2.24, 2.45) is 5.92 Å². The normalized spacial score (nSPS) is 12.5. The highest BCUT2D eigenvalue weighted by Crippen LogP contribution is 2.20. The number of rotatable bonds is 7. The average molecular weight is 234 g/mol. The minimum Gasteiger partial charge on any atom is -0.488 e. The van der Waals surface area contributed by atoms with E-state index >= 15 is 0 Å². The Balaban J connectivity index is 2.44. The van der Waals surface area contributed by atoms with Crippen LogP contribution in [0.4, 0.5) is 0 Å². The Morgan fingerprint density at radius 3 is 2.53 bits per heavy atom. The average Bonchev–Trinajstić information content (AvgIpc) is 2.29. The fraction of sp³-hybridized carbons (Fsp3) is 0.467. The van der Waals surface area contributed by atoms with Crippen LogP contribution in [0.2, 0.25) is 0 Å². The molecule has 0 aliphatic carbocycles. The van der Waals surface area contributed by atoms with Crippen LogP contribution in [-0.2, 0) is 4.74 Å². The molecule has 2 nitrogen and oxygen atoms in total. The molecule has 0 saturated heterocycles. The van der Waals surface area contributed by atoms with Crippen LogP contribution >= 0.6 is 0 Å². The van der Waals surface area contributed by atoms with Crippen molar-refractivity contribution in [2.75, 3.05) is 13.2 Å². The van der Waals surface area contributed by atoms with Gasteiger partial charge in [0.1, 0.15) is 11.9 Å². The third kappa shape index (κ3) is 5.05. The van der Waals surface area contributed by atoms with E-state index in [1.54, 1.807) is 6.08 Å². The quantitative estimate of drug-likeness (QED) is 0.715. The van der Waals surface area contributed by atoms with E-state index in [4.69, 9.17) is 9.47 Å². The fourth-order valence-corrected chi connectivity index (χ4v) is 1.48. The van der Waals surface area contributed by atoms with Crippen molar-refractivity contribution < 1.29 is 9.47 Å². The number of benzene rings is 1. The Hall–Kier alpha value is -1.28. The molecule has 0 bridgehead atoms.